The smallest absolute Gasteiger partial charge is 0.161 e. The van der Waals surface area contributed by atoms with Gasteiger partial charge in [0.2, 0.25) is 0 Å². The molecule has 2 atom stereocenters. The Hall–Kier alpha value is -1.27. The molecule has 0 aliphatic carbocycles. The van der Waals surface area contributed by atoms with Gasteiger partial charge in [-0.15, -0.1) is 0 Å². The minimum absolute atomic E-state index is 0.0499. The largest absolute Gasteiger partial charge is 0.493 e. The highest BCUT2D eigenvalue weighted by molar-refractivity contribution is 7.91. The number of ether oxygens (including phenoxy) is 2. The summed E-state index contributed by atoms with van der Waals surface area (Å²) in [4.78, 5) is 0. The van der Waals surface area contributed by atoms with Crippen molar-refractivity contribution in [1.82, 2.24) is 0 Å². The number of methoxy groups -OCH3 is 1. The topological polar surface area (TPSA) is 72.8 Å². The zero-order valence-electron chi connectivity index (χ0n) is 11.0. The number of benzene rings is 1. The fourth-order valence-electron chi connectivity index (χ4n) is 2.07. The first-order valence-corrected chi connectivity index (χ1v) is 7.96. The zero-order chi connectivity index (χ0) is 14.0. The first-order valence-electron chi connectivity index (χ1n) is 6.14. The molecule has 5 nitrogen and oxygen atoms in total. The minimum Gasteiger partial charge on any atom is -0.493 e. The molecule has 0 aromatic heterocycles. The molecule has 1 fully saturated rings. The van der Waals surface area contributed by atoms with E-state index in [2.05, 4.69) is 0 Å². The van der Waals surface area contributed by atoms with Crippen LogP contribution in [0.1, 0.15) is 25.0 Å². The summed E-state index contributed by atoms with van der Waals surface area (Å²) in [5.41, 5.74) is 0.725. The Labute approximate surface area is 113 Å². The van der Waals surface area contributed by atoms with E-state index in [1.54, 1.807) is 25.1 Å². The number of aliphatic hydroxyl groups excluding tert-OH is 1. The second-order valence-corrected chi connectivity index (χ2v) is 6.96. The lowest BCUT2D eigenvalue weighted by Gasteiger charge is -2.16. The maximum Gasteiger partial charge on any atom is 0.161 e. The fourth-order valence-corrected chi connectivity index (χ4v) is 3.66. The van der Waals surface area contributed by atoms with Crippen LogP contribution in [0.5, 0.6) is 11.5 Å². The van der Waals surface area contributed by atoms with Gasteiger partial charge in [0, 0.05) is 0 Å². The third-order valence-electron chi connectivity index (χ3n) is 3.15. The first kappa shape index (κ1) is 14.1. The Morgan fingerprint density at radius 3 is 2.63 bits per heavy atom. The van der Waals surface area contributed by atoms with Crippen molar-refractivity contribution in [2.75, 3.05) is 18.6 Å². The summed E-state index contributed by atoms with van der Waals surface area (Å²) >= 11 is 0. The number of aliphatic hydroxyl groups is 1. The minimum atomic E-state index is -2.96. The highest BCUT2D eigenvalue weighted by Gasteiger charge is 2.30. The summed E-state index contributed by atoms with van der Waals surface area (Å²) in [7, 11) is -1.45. The summed E-state index contributed by atoms with van der Waals surface area (Å²) in [6.45, 7) is 1.67. The van der Waals surface area contributed by atoms with Crippen molar-refractivity contribution in [2.45, 2.75) is 25.6 Å². The van der Waals surface area contributed by atoms with Crippen molar-refractivity contribution < 1.29 is 23.0 Å². The lowest BCUT2D eigenvalue weighted by Crippen LogP contribution is -2.18. The van der Waals surface area contributed by atoms with E-state index in [9.17, 15) is 13.5 Å². The molecule has 0 radical (unpaired) electrons. The fraction of sp³-hybridized carbons (Fsp3) is 0.538. The van der Waals surface area contributed by atoms with Crippen molar-refractivity contribution in [3.05, 3.63) is 23.8 Å². The predicted molar refractivity (Wildman–Crippen MR) is 71.3 cm³/mol. The molecule has 0 spiro atoms. The van der Waals surface area contributed by atoms with Crippen LogP contribution in [0, 0.1) is 0 Å². The summed E-state index contributed by atoms with van der Waals surface area (Å²) in [5, 5.41) is 9.51. The first-order chi connectivity index (χ1) is 8.91. The van der Waals surface area contributed by atoms with Crippen molar-refractivity contribution in [3.8, 4) is 11.5 Å². The van der Waals surface area contributed by atoms with Gasteiger partial charge in [-0.25, -0.2) is 8.42 Å². The molecule has 1 N–H and O–H groups in total. The van der Waals surface area contributed by atoms with E-state index >= 15 is 0 Å². The van der Waals surface area contributed by atoms with E-state index < -0.39 is 15.9 Å². The lowest BCUT2D eigenvalue weighted by atomic mass is 10.1. The molecular weight excluding hydrogens is 268 g/mol. The third kappa shape index (κ3) is 3.39. The van der Waals surface area contributed by atoms with Crippen LogP contribution in [0.15, 0.2) is 18.2 Å². The van der Waals surface area contributed by atoms with E-state index in [1.165, 1.54) is 7.11 Å². The van der Waals surface area contributed by atoms with Crippen LogP contribution in [0.25, 0.3) is 0 Å². The van der Waals surface area contributed by atoms with Gasteiger partial charge >= 0.3 is 0 Å². The molecule has 1 saturated heterocycles. The zero-order valence-corrected chi connectivity index (χ0v) is 11.8. The van der Waals surface area contributed by atoms with Crippen LogP contribution >= 0.6 is 0 Å². The highest BCUT2D eigenvalue weighted by atomic mass is 32.2. The Balaban J connectivity index is 2.16. The summed E-state index contributed by atoms with van der Waals surface area (Å²) in [6, 6.07) is 5.14. The van der Waals surface area contributed by atoms with Gasteiger partial charge in [0.1, 0.15) is 6.10 Å². The standard InChI is InChI=1S/C13H18O5S/c1-9(14)10-3-4-12(13(7-10)17-2)18-11-5-6-19(15,16)8-11/h3-4,7,9,11,14H,5-6,8H2,1-2H3/t9-,11?/m1/s1. The average molecular weight is 286 g/mol. The van der Waals surface area contributed by atoms with E-state index in [1.807, 2.05) is 0 Å². The monoisotopic (exact) mass is 286 g/mol. The molecule has 106 valence electrons. The van der Waals surface area contributed by atoms with Gasteiger partial charge in [0.05, 0.1) is 24.7 Å². The lowest BCUT2D eigenvalue weighted by molar-refractivity contribution is 0.197. The van der Waals surface area contributed by atoms with E-state index in [4.69, 9.17) is 9.47 Å². The molecular formula is C13H18O5S. The molecule has 1 aromatic rings. The summed E-state index contributed by atoms with van der Waals surface area (Å²) < 4.78 is 33.7. The van der Waals surface area contributed by atoms with Crippen molar-refractivity contribution in [2.24, 2.45) is 0 Å². The van der Waals surface area contributed by atoms with Crippen molar-refractivity contribution in [1.29, 1.82) is 0 Å². The second kappa shape index (κ2) is 5.38. The maximum atomic E-state index is 11.4. The molecule has 1 heterocycles. The predicted octanol–water partition coefficient (Wildman–Crippen LogP) is 1.31. The SMILES string of the molecule is COc1cc([C@@H](C)O)ccc1OC1CCS(=O)(=O)C1. The van der Waals surface area contributed by atoms with Gasteiger partial charge < -0.3 is 14.6 Å². The molecule has 2 rings (SSSR count). The number of hydrogen-bond donors (Lipinski definition) is 1. The summed E-state index contributed by atoms with van der Waals surface area (Å²) in [5.74, 6) is 1.23. The molecule has 0 amide bonds. The van der Waals surface area contributed by atoms with Gasteiger partial charge in [-0.1, -0.05) is 6.07 Å². The maximum absolute atomic E-state index is 11.4. The molecule has 1 aromatic carbocycles. The Kier molecular flexibility index (Phi) is 4.01. The molecule has 0 bridgehead atoms. The summed E-state index contributed by atoms with van der Waals surface area (Å²) in [6.07, 6.45) is -0.407. The van der Waals surface area contributed by atoms with E-state index in [0.717, 1.165) is 5.56 Å². The number of sulfone groups is 1. The van der Waals surface area contributed by atoms with Gasteiger partial charge in [-0.2, -0.15) is 0 Å². The molecule has 1 aliphatic rings. The Morgan fingerprint density at radius 1 is 1.37 bits per heavy atom. The van der Waals surface area contributed by atoms with Crippen LogP contribution in [0.2, 0.25) is 0 Å². The van der Waals surface area contributed by atoms with Crippen molar-refractivity contribution in [3.63, 3.8) is 0 Å². The molecule has 19 heavy (non-hydrogen) atoms. The quantitative estimate of drug-likeness (QED) is 0.903. The van der Waals surface area contributed by atoms with Crippen LogP contribution in [-0.2, 0) is 9.84 Å². The average Bonchev–Trinajstić information content (AvgIpc) is 2.69. The highest BCUT2D eigenvalue weighted by Crippen LogP contribution is 2.32. The number of hydrogen-bond acceptors (Lipinski definition) is 5. The molecule has 0 saturated carbocycles. The van der Waals surface area contributed by atoms with Crippen LogP contribution in [0.4, 0.5) is 0 Å². The molecule has 1 aliphatic heterocycles. The third-order valence-corrected chi connectivity index (χ3v) is 4.89. The molecule has 6 heteroatoms. The van der Waals surface area contributed by atoms with Crippen LogP contribution < -0.4 is 9.47 Å². The van der Waals surface area contributed by atoms with E-state index in [-0.39, 0.29) is 17.6 Å². The number of rotatable bonds is 4. The molecule has 1 unspecified atom stereocenters. The van der Waals surface area contributed by atoms with Crippen LogP contribution in [0.3, 0.4) is 0 Å². The van der Waals surface area contributed by atoms with Gasteiger partial charge in [-0.05, 0) is 31.0 Å². The van der Waals surface area contributed by atoms with Gasteiger partial charge in [0.15, 0.2) is 21.3 Å². The second-order valence-electron chi connectivity index (χ2n) is 4.73. The van der Waals surface area contributed by atoms with Crippen LogP contribution in [-0.4, -0.2) is 38.2 Å². The van der Waals surface area contributed by atoms with Gasteiger partial charge in [-0.3, -0.25) is 0 Å². The normalized spacial score (nSPS) is 23.0. The Bertz CT molecular complexity index is 550. The Morgan fingerprint density at radius 2 is 2.11 bits per heavy atom. The van der Waals surface area contributed by atoms with E-state index in [0.29, 0.717) is 17.9 Å². The van der Waals surface area contributed by atoms with Crippen molar-refractivity contribution >= 4 is 9.84 Å². The van der Waals surface area contributed by atoms with Gasteiger partial charge in [0.25, 0.3) is 0 Å².